The van der Waals surface area contributed by atoms with Crippen LogP contribution in [0.1, 0.15) is 32.1 Å². The number of hydrogen-bond donors (Lipinski definition) is 1. The van der Waals surface area contributed by atoms with Crippen LogP contribution in [0.4, 0.5) is 0 Å². The van der Waals surface area contributed by atoms with Gasteiger partial charge in [0.1, 0.15) is 0 Å². The molecular weight excluding hydrogens is 230 g/mol. The van der Waals surface area contributed by atoms with Crippen LogP contribution in [0.2, 0.25) is 0 Å². The molecule has 6 heteroatoms. The average Bonchev–Trinajstić information content (AvgIpc) is 2.65. The molecule has 1 aliphatic rings. The minimum absolute atomic E-state index is 0.0599. The summed E-state index contributed by atoms with van der Waals surface area (Å²) in [6, 6.07) is 0. The van der Waals surface area contributed by atoms with Crippen LogP contribution in [0.3, 0.4) is 0 Å². The summed E-state index contributed by atoms with van der Waals surface area (Å²) in [6.45, 7) is 0.0599. The summed E-state index contributed by atoms with van der Waals surface area (Å²) in [7, 11) is -1.82. The summed E-state index contributed by atoms with van der Waals surface area (Å²) in [6.07, 6.45) is 4.04. The maximum Gasteiger partial charge on any atom is 0.304 e. The zero-order valence-corrected chi connectivity index (χ0v) is 10.4. The normalized spacial score (nSPS) is 18.1. The Kier molecular flexibility index (Phi) is 4.73. The van der Waals surface area contributed by atoms with Crippen molar-refractivity contribution in [1.29, 1.82) is 0 Å². The van der Waals surface area contributed by atoms with E-state index in [4.69, 9.17) is 5.11 Å². The first kappa shape index (κ1) is 13.4. The molecule has 1 rings (SSSR count). The largest absolute Gasteiger partial charge is 0.481 e. The Morgan fingerprint density at radius 3 is 2.44 bits per heavy atom. The van der Waals surface area contributed by atoms with E-state index in [9.17, 15) is 13.2 Å². The summed E-state index contributed by atoms with van der Waals surface area (Å²) in [5.41, 5.74) is 0. The van der Waals surface area contributed by atoms with E-state index >= 15 is 0 Å². The van der Waals surface area contributed by atoms with E-state index in [1.807, 2.05) is 0 Å². The summed E-state index contributed by atoms with van der Waals surface area (Å²) in [5.74, 6) is -0.538. The molecule has 0 unspecified atom stereocenters. The van der Waals surface area contributed by atoms with Crippen molar-refractivity contribution in [2.24, 2.45) is 5.92 Å². The van der Waals surface area contributed by atoms with Crippen LogP contribution in [-0.4, -0.2) is 43.1 Å². The predicted molar refractivity (Wildman–Crippen MR) is 60.6 cm³/mol. The lowest BCUT2D eigenvalue weighted by atomic mass is 10.1. The Balaban J connectivity index is 2.45. The van der Waals surface area contributed by atoms with Crippen LogP contribution in [0, 0.1) is 5.92 Å². The highest BCUT2D eigenvalue weighted by Crippen LogP contribution is 2.26. The molecule has 0 aromatic heterocycles. The lowest BCUT2D eigenvalue weighted by Gasteiger charge is -2.18. The maximum atomic E-state index is 11.8. The second kappa shape index (κ2) is 5.63. The number of nitrogens with zero attached hydrogens (tertiary/aromatic N) is 1. The van der Waals surface area contributed by atoms with Gasteiger partial charge in [-0.3, -0.25) is 4.79 Å². The Labute approximate surface area is 96.5 Å². The topological polar surface area (TPSA) is 74.7 Å². The van der Waals surface area contributed by atoms with Gasteiger partial charge in [0.2, 0.25) is 10.0 Å². The molecule has 0 aromatic carbocycles. The second-order valence-electron chi connectivity index (χ2n) is 4.39. The van der Waals surface area contributed by atoms with Gasteiger partial charge >= 0.3 is 5.97 Å². The van der Waals surface area contributed by atoms with Crippen molar-refractivity contribution in [1.82, 2.24) is 4.31 Å². The number of carboxylic acid groups (broad SMARTS) is 1. The number of aliphatic carboxylic acids is 1. The molecule has 0 heterocycles. The zero-order chi connectivity index (χ0) is 12.2. The molecule has 16 heavy (non-hydrogen) atoms. The summed E-state index contributed by atoms with van der Waals surface area (Å²) < 4.78 is 24.8. The van der Waals surface area contributed by atoms with Crippen molar-refractivity contribution in [3.63, 3.8) is 0 Å². The highest BCUT2D eigenvalue weighted by molar-refractivity contribution is 7.89. The van der Waals surface area contributed by atoms with E-state index in [1.165, 1.54) is 11.4 Å². The molecule has 0 saturated heterocycles. The fourth-order valence-electron chi connectivity index (χ4n) is 1.99. The lowest BCUT2D eigenvalue weighted by Crippen LogP contribution is -2.33. The quantitative estimate of drug-likeness (QED) is 0.759. The minimum Gasteiger partial charge on any atom is -0.481 e. The molecular formula is C10H19NO4S. The third-order valence-electron chi connectivity index (χ3n) is 3.04. The van der Waals surface area contributed by atoms with Crippen molar-refractivity contribution >= 4 is 16.0 Å². The van der Waals surface area contributed by atoms with Gasteiger partial charge in [0.25, 0.3) is 0 Å². The standard InChI is InChI=1S/C10H19NO4S/c1-11(7-6-10(12)13)16(14,15)8-9-4-2-3-5-9/h9H,2-8H2,1H3,(H,12,13). The van der Waals surface area contributed by atoms with Crippen LogP contribution in [-0.2, 0) is 14.8 Å². The van der Waals surface area contributed by atoms with Crippen molar-refractivity contribution in [2.45, 2.75) is 32.1 Å². The van der Waals surface area contributed by atoms with Gasteiger partial charge in [-0.1, -0.05) is 12.8 Å². The van der Waals surface area contributed by atoms with E-state index in [-0.39, 0.29) is 24.6 Å². The smallest absolute Gasteiger partial charge is 0.304 e. The molecule has 0 bridgehead atoms. The first-order chi connectivity index (χ1) is 7.42. The van der Waals surface area contributed by atoms with Crippen molar-refractivity contribution < 1.29 is 18.3 Å². The molecule has 0 atom stereocenters. The molecule has 0 spiro atoms. The molecule has 1 fully saturated rings. The summed E-state index contributed by atoms with van der Waals surface area (Å²) >= 11 is 0. The minimum atomic E-state index is -3.27. The van der Waals surface area contributed by atoms with Crippen molar-refractivity contribution in [3.8, 4) is 0 Å². The fourth-order valence-corrected chi connectivity index (χ4v) is 3.55. The van der Waals surface area contributed by atoms with Gasteiger partial charge in [0.05, 0.1) is 12.2 Å². The van der Waals surface area contributed by atoms with Crippen LogP contribution < -0.4 is 0 Å². The Morgan fingerprint density at radius 2 is 1.94 bits per heavy atom. The van der Waals surface area contributed by atoms with Gasteiger partial charge < -0.3 is 5.11 Å². The van der Waals surface area contributed by atoms with Gasteiger partial charge in [-0.2, -0.15) is 0 Å². The number of carbonyl (C=O) groups is 1. The van der Waals surface area contributed by atoms with E-state index < -0.39 is 16.0 Å². The zero-order valence-electron chi connectivity index (χ0n) is 9.55. The molecule has 5 nitrogen and oxygen atoms in total. The molecule has 94 valence electrons. The highest BCUT2D eigenvalue weighted by atomic mass is 32.2. The first-order valence-corrected chi connectivity index (χ1v) is 7.18. The summed E-state index contributed by atoms with van der Waals surface area (Å²) in [4.78, 5) is 10.4. The van der Waals surface area contributed by atoms with Crippen molar-refractivity contribution in [2.75, 3.05) is 19.3 Å². The average molecular weight is 249 g/mol. The molecule has 0 aromatic rings. The van der Waals surface area contributed by atoms with Gasteiger partial charge in [-0.05, 0) is 18.8 Å². The number of carboxylic acids is 1. The third-order valence-corrected chi connectivity index (χ3v) is 5.06. The van der Waals surface area contributed by atoms with E-state index in [2.05, 4.69) is 0 Å². The van der Waals surface area contributed by atoms with Gasteiger partial charge in [0, 0.05) is 13.6 Å². The van der Waals surface area contributed by atoms with Crippen LogP contribution in [0.15, 0.2) is 0 Å². The van der Waals surface area contributed by atoms with Gasteiger partial charge in [-0.15, -0.1) is 0 Å². The number of sulfonamides is 1. The van der Waals surface area contributed by atoms with Gasteiger partial charge in [0.15, 0.2) is 0 Å². The molecule has 1 N–H and O–H groups in total. The van der Waals surface area contributed by atoms with Crippen LogP contribution in [0.5, 0.6) is 0 Å². The maximum absolute atomic E-state index is 11.8. The molecule has 0 amide bonds. The number of rotatable bonds is 6. The van der Waals surface area contributed by atoms with E-state index in [1.54, 1.807) is 0 Å². The van der Waals surface area contributed by atoms with E-state index in [0.29, 0.717) is 0 Å². The lowest BCUT2D eigenvalue weighted by molar-refractivity contribution is -0.137. The fraction of sp³-hybridized carbons (Fsp3) is 0.900. The predicted octanol–water partition coefficient (Wildman–Crippen LogP) is 0.913. The molecule has 1 aliphatic carbocycles. The molecule has 0 aliphatic heterocycles. The van der Waals surface area contributed by atoms with E-state index in [0.717, 1.165) is 25.7 Å². The monoisotopic (exact) mass is 249 g/mol. The Hall–Kier alpha value is -0.620. The Morgan fingerprint density at radius 1 is 1.38 bits per heavy atom. The van der Waals surface area contributed by atoms with Crippen molar-refractivity contribution in [3.05, 3.63) is 0 Å². The highest BCUT2D eigenvalue weighted by Gasteiger charge is 2.25. The first-order valence-electron chi connectivity index (χ1n) is 5.57. The van der Waals surface area contributed by atoms with Crippen LogP contribution >= 0.6 is 0 Å². The number of hydrogen-bond acceptors (Lipinski definition) is 3. The Bertz CT molecular complexity index is 333. The van der Waals surface area contributed by atoms with Gasteiger partial charge in [-0.25, -0.2) is 12.7 Å². The van der Waals surface area contributed by atoms with Crippen LogP contribution in [0.25, 0.3) is 0 Å². The molecule has 0 radical (unpaired) electrons. The SMILES string of the molecule is CN(CCC(=O)O)S(=O)(=O)CC1CCCC1. The molecule has 1 saturated carbocycles. The summed E-state index contributed by atoms with van der Waals surface area (Å²) in [5, 5.41) is 8.49. The second-order valence-corrected chi connectivity index (χ2v) is 6.51. The third kappa shape index (κ3) is 4.09.